The molecule has 0 amide bonds. The van der Waals surface area contributed by atoms with Crippen LogP contribution in [0.15, 0.2) is 30.3 Å². The van der Waals surface area contributed by atoms with Gasteiger partial charge in [0, 0.05) is 6.66 Å². The van der Waals surface area contributed by atoms with E-state index < -0.39 is 19.5 Å². The molecule has 1 N–H and O–H groups in total. The number of hydrogen-bond donors (Lipinski definition) is 1. The fraction of sp³-hybridized carbons (Fsp3) is 0.417. The summed E-state index contributed by atoms with van der Waals surface area (Å²) >= 11 is 0. The van der Waals surface area contributed by atoms with Crippen molar-refractivity contribution in [1.82, 2.24) is 5.09 Å². The van der Waals surface area contributed by atoms with Gasteiger partial charge in [0.2, 0.25) is 0 Å². The molecule has 1 aromatic rings. The smallest absolute Gasteiger partial charge is 0.323 e. The molecular weight excluding hydrogens is 253 g/mol. The third-order valence-corrected chi connectivity index (χ3v) is 3.51. The SMILES string of the molecule is CCOC(=O)C(C)NP(C)(=O)Oc1ccccc1. The van der Waals surface area contributed by atoms with Crippen LogP contribution in [-0.2, 0) is 14.1 Å². The van der Waals surface area contributed by atoms with Gasteiger partial charge in [0.15, 0.2) is 0 Å². The van der Waals surface area contributed by atoms with Crippen molar-refractivity contribution in [2.24, 2.45) is 0 Å². The van der Waals surface area contributed by atoms with E-state index in [9.17, 15) is 9.36 Å². The number of para-hydroxylation sites is 1. The zero-order valence-electron chi connectivity index (χ0n) is 10.8. The highest BCUT2D eigenvalue weighted by atomic mass is 31.2. The molecule has 0 heterocycles. The summed E-state index contributed by atoms with van der Waals surface area (Å²) in [5, 5.41) is 2.65. The number of carbonyl (C=O) groups is 1. The zero-order valence-corrected chi connectivity index (χ0v) is 11.6. The maximum atomic E-state index is 12.2. The molecule has 0 radical (unpaired) electrons. The molecule has 0 aromatic heterocycles. The first kappa shape index (κ1) is 14.7. The Labute approximate surface area is 107 Å². The predicted molar refractivity (Wildman–Crippen MR) is 69.8 cm³/mol. The Morgan fingerprint density at radius 3 is 2.56 bits per heavy atom. The van der Waals surface area contributed by atoms with Gasteiger partial charge in [0.1, 0.15) is 11.8 Å². The molecule has 0 saturated heterocycles. The van der Waals surface area contributed by atoms with Gasteiger partial charge < -0.3 is 9.26 Å². The van der Waals surface area contributed by atoms with Gasteiger partial charge >= 0.3 is 13.5 Å². The lowest BCUT2D eigenvalue weighted by molar-refractivity contribution is -0.144. The van der Waals surface area contributed by atoms with E-state index in [4.69, 9.17) is 9.26 Å². The summed E-state index contributed by atoms with van der Waals surface area (Å²) < 4.78 is 22.3. The molecule has 0 bridgehead atoms. The van der Waals surface area contributed by atoms with Crippen molar-refractivity contribution in [2.45, 2.75) is 19.9 Å². The summed E-state index contributed by atoms with van der Waals surface area (Å²) in [4.78, 5) is 11.4. The van der Waals surface area contributed by atoms with Crippen LogP contribution in [0.3, 0.4) is 0 Å². The molecule has 1 rings (SSSR count). The zero-order chi connectivity index (χ0) is 13.6. The summed E-state index contributed by atoms with van der Waals surface area (Å²) in [5.74, 6) is 0.0446. The molecule has 0 aliphatic carbocycles. The average molecular weight is 271 g/mol. The summed E-state index contributed by atoms with van der Waals surface area (Å²) in [6.45, 7) is 5.02. The van der Waals surface area contributed by atoms with Crippen molar-refractivity contribution in [1.29, 1.82) is 0 Å². The molecule has 1 aromatic carbocycles. The largest absolute Gasteiger partial charge is 0.465 e. The minimum absolute atomic E-state index is 0.290. The second-order valence-electron chi connectivity index (χ2n) is 3.85. The maximum absolute atomic E-state index is 12.2. The molecule has 0 spiro atoms. The number of rotatable bonds is 6. The fourth-order valence-electron chi connectivity index (χ4n) is 1.38. The molecule has 100 valence electrons. The van der Waals surface area contributed by atoms with E-state index in [0.29, 0.717) is 12.4 Å². The summed E-state index contributed by atoms with van der Waals surface area (Å²) in [7, 11) is -3.10. The van der Waals surface area contributed by atoms with Gasteiger partial charge in [-0.15, -0.1) is 0 Å². The van der Waals surface area contributed by atoms with E-state index in [1.165, 1.54) is 6.66 Å². The van der Waals surface area contributed by atoms with Gasteiger partial charge in [-0.2, -0.15) is 0 Å². The lowest BCUT2D eigenvalue weighted by Crippen LogP contribution is -2.34. The van der Waals surface area contributed by atoms with Gasteiger partial charge in [0.05, 0.1) is 6.61 Å². The normalized spacial score (nSPS) is 15.5. The highest BCUT2D eigenvalue weighted by Crippen LogP contribution is 2.39. The monoisotopic (exact) mass is 271 g/mol. The Hall–Kier alpha value is -1.32. The third kappa shape index (κ3) is 4.90. The molecule has 2 atom stereocenters. The van der Waals surface area contributed by atoms with E-state index in [0.717, 1.165) is 0 Å². The summed E-state index contributed by atoms with van der Waals surface area (Å²) in [6, 6.07) is 8.13. The minimum Gasteiger partial charge on any atom is -0.465 e. The Kier molecular flexibility index (Phi) is 5.38. The van der Waals surface area contributed by atoms with Crippen molar-refractivity contribution >= 4 is 13.5 Å². The molecule has 0 fully saturated rings. The number of ether oxygens (including phenoxy) is 1. The molecule has 0 saturated carbocycles. The van der Waals surface area contributed by atoms with E-state index >= 15 is 0 Å². The van der Waals surface area contributed by atoms with E-state index in [2.05, 4.69) is 5.09 Å². The van der Waals surface area contributed by atoms with Crippen LogP contribution < -0.4 is 9.61 Å². The standard InChI is InChI=1S/C12H18NO4P/c1-4-16-12(14)10(2)13-18(3,15)17-11-8-6-5-7-9-11/h5-10H,4H2,1-3H3,(H,13,15). The number of carbonyl (C=O) groups excluding carboxylic acids is 1. The van der Waals surface area contributed by atoms with E-state index in [1.807, 2.05) is 6.07 Å². The first-order valence-electron chi connectivity index (χ1n) is 5.71. The Balaban J connectivity index is 2.59. The van der Waals surface area contributed by atoms with Gasteiger partial charge in [-0.3, -0.25) is 9.36 Å². The Morgan fingerprint density at radius 2 is 2.00 bits per heavy atom. The minimum atomic E-state index is -3.10. The molecule has 0 aliphatic heterocycles. The van der Waals surface area contributed by atoms with Crippen LogP contribution >= 0.6 is 7.52 Å². The fourth-order valence-corrected chi connectivity index (χ4v) is 2.77. The molecule has 6 heteroatoms. The number of benzene rings is 1. The third-order valence-electron chi connectivity index (χ3n) is 2.09. The van der Waals surface area contributed by atoms with Crippen LogP contribution in [0.2, 0.25) is 0 Å². The topological polar surface area (TPSA) is 64.6 Å². The van der Waals surface area contributed by atoms with Crippen LogP contribution in [-0.4, -0.2) is 25.3 Å². The molecule has 5 nitrogen and oxygen atoms in total. The van der Waals surface area contributed by atoms with Crippen molar-refractivity contribution in [3.63, 3.8) is 0 Å². The van der Waals surface area contributed by atoms with Gasteiger partial charge in [-0.25, -0.2) is 5.09 Å². The second-order valence-corrected chi connectivity index (χ2v) is 5.99. The Bertz CT molecular complexity index is 435. The van der Waals surface area contributed by atoms with Crippen molar-refractivity contribution in [3.8, 4) is 5.75 Å². The predicted octanol–water partition coefficient (Wildman–Crippen LogP) is 2.43. The highest BCUT2D eigenvalue weighted by molar-refractivity contribution is 7.56. The highest BCUT2D eigenvalue weighted by Gasteiger charge is 2.25. The summed E-state index contributed by atoms with van der Waals surface area (Å²) in [6.07, 6.45) is 0. The van der Waals surface area contributed by atoms with Crippen LogP contribution in [0.4, 0.5) is 0 Å². The van der Waals surface area contributed by atoms with Gasteiger partial charge in [0.25, 0.3) is 0 Å². The van der Waals surface area contributed by atoms with Crippen LogP contribution in [0.5, 0.6) is 5.75 Å². The van der Waals surface area contributed by atoms with Crippen molar-refractivity contribution < 1.29 is 18.6 Å². The van der Waals surface area contributed by atoms with E-state index in [1.54, 1.807) is 38.1 Å². The first-order chi connectivity index (χ1) is 8.44. The second kappa shape index (κ2) is 6.57. The summed E-state index contributed by atoms with van der Waals surface area (Å²) in [5.41, 5.74) is 0. The maximum Gasteiger partial charge on any atom is 0.323 e. The lowest BCUT2D eigenvalue weighted by atomic mass is 10.3. The van der Waals surface area contributed by atoms with Crippen LogP contribution in [0.1, 0.15) is 13.8 Å². The van der Waals surface area contributed by atoms with Crippen LogP contribution in [0.25, 0.3) is 0 Å². The van der Waals surface area contributed by atoms with Gasteiger partial charge in [-0.05, 0) is 26.0 Å². The lowest BCUT2D eigenvalue weighted by Gasteiger charge is -2.20. The molecule has 0 aliphatic rings. The molecule has 2 unspecified atom stereocenters. The number of hydrogen-bond acceptors (Lipinski definition) is 4. The number of nitrogens with one attached hydrogen (secondary N) is 1. The first-order valence-corrected chi connectivity index (χ1v) is 7.78. The van der Waals surface area contributed by atoms with Crippen molar-refractivity contribution in [3.05, 3.63) is 30.3 Å². The quantitative estimate of drug-likeness (QED) is 0.636. The van der Waals surface area contributed by atoms with Crippen LogP contribution in [0, 0.1) is 0 Å². The Morgan fingerprint density at radius 1 is 1.39 bits per heavy atom. The average Bonchev–Trinajstić information content (AvgIpc) is 2.29. The van der Waals surface area contributed by atoms with Gasteiger partial charge in [-0.1, -0.05) is 18.2 Å². The number of esters is 1. The molecular formula is C12H18NO4P. The molecule has 18 heavy (non-hydrogen) atoms. The van der Waals surface area contributed by atoms with E-state index in [-0.39, 0.29) is 0 Å². The van der Waals surface area contributed by atoms with Crippen molar-refractivity contribution in [2.75, 3.05) is 13.3 Å².